The smallest absolute Gasteiger partial charge is 0.321 e. The van der Waals surface area contributed by atoms with Crippen molar-refractivity contribution in [1.82, 2.24) is 20.9 Å². The highest BCUT2D eigenvalue weighted by molar-refractivity contribution is 5.95. The highest BCUT2D eigenvalue weighted by atomic mass is 16.2. The molecule has 1 aliphatic heterocycles. The summed E-state index contributed by atoms with van der Waals surface area (Å²) < 4.78 is 0. The predicted molar refractivity (Wildman–Crippen MR) is 84.2 cm³/mol. The van der Waals surface area contributed by atoms with Crippen molar-refractivity contribution >= 4 is 17.8 Å². The SMILES string of the molecule is CNC(=O)NC(=O)CN1CCC(C(=O)N[C@H](C)C(C)C)CC1. The molecule has 1 atom stereocenters. The molecule has 7 heteroatoms. The summed E-state index contributed by atoms with van der Waals surface area (Å²) in [6.07, 6.45) is 1.48. The molecule has 0 aromatic rings. The average Bonchev–Trinajstić information content (AvgIpc) is 2.47. The molecule has 1 saturated heterocycles. The van der Waals surface area contributed by atoms with Crippen molar-refractivity contribution in [2.45, 2.75) is 39.7 Å². The molecule has 126 valence electrons. The molecule has 0 aromatic carbocycles. The number of piperidine rings is 1. The van der Waals surface area contributed by atoms with E-state index >= 15 is 0 Å². The standard InChI is InChI=1S/C15H28N4O3/c1-10(2)11(3)17-14(21)12-5-7-19(8-6-12)9-13(20)18-15(22)16-4/h10-12H,5-9H2,1-4H3,(H,17,21)(H2,16,18,20,22)/t11-/m1/s1. The zero-order valence-corrected chi connectivity index (χ0v) is 13.9. The van der Waals surface area contributed by atoms with E-state index in [1.54, 1.807) is 0 Å². The molecule has 0 unspecified atom stereocenters. The van der Waals surface area contributed by atoms with Gasteiger partial charge in [0.05, 0.1) is 6.54 Å². The maximum absolute atomic E-state index is 12.2. The zero-order chi connectivity index (χ0) is 16.7. The van der Waals surface area contributed by atoms with E-state index in [9.17, 15) is 14.4 Å². The van der Waals surface area contributed by atoms with E-state index in [1.807, 2.05) is 11.8 Å². The van der Waals surface area contributed by atoms with Crippen LogP contribution in [0, 0.1) is 11.8 Å². The summed E-state index contributed by atoms with van der Waals surface area (Å²) in [7, 11) is 1.46. The molecule has 7 nitrogen and oxygen atoms in total. The van der Waals surface area contributed by atoms with Gasteiger partial charge in [0, 0.05) is 19.0 Å². The van der Waals surface area contributed by atoms with Gasteiger partial charge in [-0.05, 0) is 38.8 Å². The third-order valence-electron chi connectivity index (χ3n) is 4.18. The van der Waals surface area contributed by atoms with Gasteiger partial charge in [0.25, 0.3) is 0 Å². The van der Waals surface area contributed by atoms with Gasteiger partial charge >= 0.3 is 6.03 Å². The van der Waals surface area contributed by atoms with E-state index in [0.29, 0.717) is 19.0 Å². The van der Waals surface area contributed by atoms with Crippen LogP contribution in [0.25, 0.3) is 0 Å². The minimum absolute atomic E-state index is 0.0134. The molecule has 0 spiro atoms. The number of rotatable bonds is 5. The summed E-state index contributed by atoms with van der Waals surface area (Å²) in [4.78, 5) is 36.8. The predicted octanol–water partition coefficient (Wildman–Crippen LogP) is 0.315. The van der Waals surface area contributed by atoms with Crippen LogP contribution >= 0.6 is 0 Å². The highest BCUT2D eigenvalue weighted by Crippen LogP contribution is 2.17. The fourth-order valence-corrected chi connectivity index (χ4v) is 2.29. The van der Waals surface area contributed by atoms with Crippen molar-refractivity contribution in [3.05, 3.63) is 0 Å². The minimum Gasteiger partial charge on any atom is -0.353 e. The monoisotopic (exact) mass is 312 g/mol. The molecule has 1 heterocycles. The maximum Gasteiger partial charge on any atom is 0.321 e. The number of urea groups is 1. The molecule has 0 bridgehead atoms. The summed E-state index contributed by atoms with van der Waals surface area (Å²) >= 11 is 0. The molecule has 1 rings (SSSR count). The fraction of sp³-hybridized carbons (Fsp3) is 0.800. The van der Waals surface area contributed by atoms with E-state index in [1.165, 1.54) is 7.05 Å². The first-order valence-corrected chi connectivity index (χ1v) is 7.87. The normalized spacial score (nSPS) is 17.9. The number of nitrogens with zero attached hydrogens (tertiary/aromatic N) is 1. The van der Waals surface area contributed by atoms with Crippen LogP contribution in [0.4, 0.5) is 4.79 Å². The lowest BCUT2D eigenvalue weighted by atomic mass is 9.95. The number of likely N-dealkylation sites (tertiary alicyclic amines) is 1. The summed E-state index contributed by atoms with van der Waals surface area (Å²) in [6, 6.07) is -0.328. The van der Waals surface area contributed by atoms with Gasteiger partial charge in [-0.3, -0.25) is 19.8 Å². The highest BCUT2D eigenvalue weighted by Gasteiger charge is 2.27. The van der Waals surface area contributed by atoms with Crippen LogP contribution in [0.2, 0.25) is 0 Å². The molecule has 1 aliphatic rings. The summed E-state index contributed by atoms with van der Waals surface area (Å²) in [6.45, 7) is 7.74. The second-order valence-electron chi connectivity index (χ2n) is 6.22. The van der Waals surface area contributed by atoms with Crippen LogP contribution in [0.15, 0.2) is 0 Å². The van der Waals surface area contributed by atoms with Crippen LogP contribution in [-0.2, 0) is 9.59 Å². The first kappa shape index (κ1) is 18.4. The van der Waals surface area contributed by atoms with Crippen molar-refractivity contribution in [1.29, 1.82) is 0 Å². The molecular weight excluding hydrogens is 284 g/mol. The van der Waals surface area contributed by atoms with Gasteiger partial charge in [0.15, 0.2) is 0 Å². The maximum atomic E-state index is 12.2. The lowest BCUT2D eigenvalue weighted by Crippen LogP contribution is -2.48. The van der Waals surface area contributed by atoms with Crippen LogP contribution in [0.5, 0.6) is 0 Å². The second-order valence-corrected chi connectivity index (χ2v) is 6.22. The van der Waals surface area contributed by atoms with Crippen molar-refractivity contribution in [3.8, 4) is 0 Å². The van der Waals surface area contributed by atoms with Gasteiger partial charge in [0.2, 0.25) is 11.8 Å². The van der Waals surface area contributed by atoms with Crippen LogP contribution in [0.1, 0.15) is 33.6 Å². The number of imide groups is 1. The lowest BCUT2D eigenvalue weighted by molar-refractivity contribution is -0.127. The number of hydrogen-bond acceptors (Lipinski definition) is 4. The third kappa shape index (κ3) is 6.01. The van der Waals surface area contributed by atoms with Gasteiger partial charge in [-0.15, -0.1) is 0 Å². The van der Waals surface area contributed by atoms with Crippen LogP contribution in [-0.4, -0.2) is 55.5 Å². The molecule has 0 aromatic heterocycles. The Bertz CT molecular complexity index is 404. The van der Waals surface area contributed by atoms with E-state index < -0.39 is 6.03 Å². The summed E-state index contributed by atoms with van der Waals surface area (Å²) in [5, 5.41) is 7.63. The van der Waals surface area contributed by atoms with E-state index in [4.69, 9.17) is 0 Å². The largest absolute Gasteiger partial charge is 0.353 e. The third-order valence-corrected chi connectivity index (χ3v) is 4.18. The number of nitrogens with one attached hydrogen (secondary N) is 3. The molecule has 4 amide bonds. The molecule has 0 aliphatic carbocycles. The van der Waals surface area contributed by atoms with Gasteiger partial charge in [-0.2, -0.15) is 0 Å². The number of hydrogen-bond donors (Lipinski definition) is 3. The van der Waals surface area contributed by atoms with Crippen molar-refractivity contribution < 1.29 is 14.4 Å². The Hall–Kier alpha value is -1.63. The molecular formula is C15H28N4O3. The second kappa shape index (κ2) is 8.73. The van der Waals surface area contributed by atoms with Crippen LogP contribution < -0.4 is 16.0 Å². The molecule has 0 saturated carbocycles. The Balaban J connectivity index is 2.32. The quantitative estimate of drug-likeness (QED) is 0.682. The summed E-state index contributed by atoms with van der Waals surface area (Å²) in [5.74, 6) is 0.211. The Labute approximate surface area is 132 Å². The Morgan fingerprint density at radius 2 is 1.73 bits per heavy atom. The van der Waals surface area contributed by atoms with E-state index in [-0.39, 0.29) is 30.3 Å². The van der Waals surface area contributed by atoms with Gasteiger partial charge in [0.1, 0.15) is 0 Å². The van der Waals surface area contributed by atoms with Gasteiger partial charge < -0.3 is 10.6 Å². The lowest BCUT2D eigenvalue weighted by Gasteiger charge is -2.31. The van der Waals surface area contributed by atoms with Crippen molar-refractivity contribution in [3.63, 3.8) is 0 Å². The van der Waals surface area contributed by atoms with Crippen molar-refractivity contribution in [2.24, 2.45) is 11.8 Å². The zero-order valence-electron chi connectivity index (χ0n) is 13.9. The summed E-state index contributed by atoms with van der Waals surface area (Å²) in [5.41, 5.74) is 0. The topological polar surface area (TPSA) is 90.5 Å². The number of carbonyl (C=O) groups excluding carboxylic acids is 3. The fourth-order valence-electron chi connectivity index (χ4n) is 2.29. The average molecular weight is 312 g/mol. The molecule has 22 heavy (non-hydrogen) atoms. The number of carbonyl (C=O) groups is 3. The van der Waals surface area contributed by atoms with Gasteiger partial charge in [-0.25, -0.2) is 4.79 Å². The minimum atomic E-state index is -0.498. The van der Waals surface area contributed by atoms with Gasteiger partial charge in [-0.1, -0.05) is 13.8 Å². The van der Waals surface area contributed by atoms with E-state index in [2.05, 4.69) is 29.8 Å². The first-order valence-electron chi connectivity index (χ1n) is 7.87. The molecule has 0 radical (unpaired) electrons. The Morgan fingerprint density at radius 1 is 1.14 bits per heavy atom. The Morgan fingerprint density at radius 3 is 2.23 bits per heavy atom. The Kier molecular flexibility index (Phi) is 7.31. The van der Waals surface area contributed by atoms with Crippen LogP contribution in [0.3, 0.4) is 0 Å². The van der Waals surface area contributed by atoms with Crippen molar-refractivity contribution in [2.75, 3.05) is 26.7 Å². The first-order chi connectivity index (χ1) is 10.3. The molecule has 1 fully saturated rings. The number of amides is 4. The molecule has 3 N–H and O–H groups in total. The van der Waals surface area contributed by atoms with E-state index in [0.717, 1.165) is 12.8 Å².